The fourth-order valence-corrected chi connectivity index (χ4v) is 3.88. The monoisotopic (exact) mass is 443 g/mol. The van der Waals surface area contributed by atoms with Crippen LogP contribution in [0.25, 0.3) is 11.3 Å². The molecule has 2 N–H and O–H groups in total. The van der Waals surface area contributed by atoms with E-state index in [4.69, 9.17) is 9.26 Å². The van der Waals surface area contributed by atoms with Crippen molar-refractivity contribution in [1.82, 2.24) is 9.88 Å². The van der Waals surface area contributed by atoms with Gasteiger partial charge in [-0.1, -0.05) is 36.3 Å². The molecule has 8 nitrogen and oxygen atoms in total. The lowest BCUT2D eigenvalue weighted by Gasteiger charge is -2.08. The molecular weight excluding hydrogens is 418 g/mol. The quantitative estimate of drug-likeness (QED) is 0.495. The van der Waals surface area contributed by atoms with E-state index in [2.05, 4.69) is 22.1 Å². The zero-order valence-corrected chi connectivity index (χ0v) is 18.2. The molecule has 3 rings (SSSR count). The highest BCUT2D eigenvalue weighted by Crippen LogP contribution is 2.22. The van der Waals surface area contributed by atoms with Gasteiger partial charge in [0.25, 0.3) is 0 Å². The van der Waals surface area contributed by atoms with Gasteiger partial charge in [0.05, 0.1) is 11.5 Å². The van der Waals surface area contributed by atoms with E-state index < -0.39 is 15.9 Å². The van der Waals surface area contributed by atoms with Crippen LogP contribution in [-0.4, -0.2) is 32.6 Å². The van der Waals surface area contributed by atoms with Crippen LogP contribution in [0.2, 0.25) is 0 Å². The van der Waals surface area contributed by atoms with E-state index in [1.54, 1.807) is 18.2 Å². The molecule has 0 saturated heterocycles. The number of carbonyl (C=O) groups is 1. The summed E-state index contributed by atoms with van der Waals surface area (Å²) >= 11 is 0. The van der Waals surface area contributed by atoms with Crippen LogP contribution in [0.3, 0.4) is 0 Å². The highest BCUT2D eigenvalue weighted by Gasteiger charge is 2.15. The van der Waals surface area contributed by atoms with Crippen LogP contribution in [-0.2, 0) is 21.2 Å². The largest absolute Gasteiger partial charge is 0.494 e. The zero-order chi connectivity index (χ0) is 22.3. The molecule has 0 spiro atoms. The number of rotatable bonds is 10. The number of aryl methyl sites for hydroxylation is 1. The molecule has 0 aliphatic heterocycles. The zero-order valence-electron chi connectivity index (χ0n) is 17.4. The predicted molar refractivity (Wildman–Crippen MR) is 117 cm³/mol. The molecule has 3 aromatic rings. The van der Waals surface area contributed by atoms with E-state index in [1.807, 2.05) is 31.2 Å². The highest BCUT2D eigenvalue weighted by atomic mass is 32.2. The fraction of sp³-hybridized carbons (Fsp3) is 0.273. The SMILES string of the molecule is CCOc1ccc(S(=O)(=O)NCCC(=O)Nc2cc(-c3ccc(CC)cc3)no2)cc1. The third kappa shape index (κ3) is 6.16. The van der Waals surface area contributed by atoms with Crippen molar-refractivity contribution in [1.29, 1.82) is 0 Å². The minimum atomic E-state index is -3.72. The van der Waals surface area contributed by atoms with Crippen LogP contribution in [0.5, 0.6) is 5.75 Å². The summed E-state index contributed by atoms with van der Waals surface area (Å²) in [6.07, 6.45) is 0.889. The molecule has 0 atom stereocenters. The summed E-state index contributed by atoms with van der Waals surface area (Å²) < 4.78 is 37.5. The number of ether oxygens (including phenoxy) is 1. The summed E-state index contributed by atoms with van der Waals surface area (Å²) in [4.78, 5) is 12.2. The minimum Gasteiger partial charge on any atom is -0.494 e. The average molecular weight is 444 g/mol. The van der Waals surface area contributed by atoms with Gasteiger partial charge >= 0.3 is 0 Å². The van der Waals surface area contributed by atoms with Crippen molar-refractivity contribution in [2.75, 3.05) is 18.5 Å². The number of anilines is 1. The number of aromatic nitrogens is 1. The van der Waals surface area contributed by atoms with Gasteiger partial charge in [-0.15, -0.1) is 0 Å². The second kappa shape index (κ2) is 10.2. The van der Waals surface area contributed by atoms with E-state index in [9.17, 15) is 13.2 Å². The number of hydrogen-bond acceptors (Lipinski definition) is 6. The van der Waals surface area contributed by atoms with Crippen LogP contribution in [0.15, 0.2) is 64.0 Å². The normalized spacial score (nSPS) is 11.3. The van der Waals surface area contributed by atoms with Gasteiger partial charge in [0.15, 0.2) is 0 Å². The Morgan fingerprint density at radius 3 is 2.42 bits per heavy atom. The molecule has 0 aliphatic carbocycles. The highest BCUT2D eigenvalue weighted by molar-refractivity contribution is 7.89. The van der Waals surface area contributed by atoms with E-state index in [-0.39, 0.29) is 23.7 Å². The third-order valence-corrected chi connectivity index (χ3v) is 6.00. The molecule has 0 aliphatic rings. The second-order valence-corrected chi connectivity index (χ2v) is 8.49. The van der Waals surface area contributed by atoms with Crippen molar-refractivity contribution in [3.8, 4) is 17.0 Å². The minimum absolute atomic E-state index is 0.0547. The number of hydrogen-bond donors (Lipinski definition) is 2. The summed E-state index contributed by atoms with van der Waals surface area (Å²) in [5.41, 5.74) is 2.70. The van der Waals surface area contributed by atoms with Gasteiger partial charge in [-0.25, -0.2) is 13.1 Å². The lowest BCUT2D eigenvalue weighted by Crippen LogP contribution is -2.27. The number of nitrogens with zero attached hydrogens (tertiary/aromatic N) is 1. The Morgan fingerprint density at radius 1 is 1.06 bits per heavy atom. The number of benzene rings is 2. The van der Waals surface area contributed by atoms with Crippen molar-refractivity contribution in [3.63, 3.8) is 0 Å². The first-order valence-corrected chi connectivity index (χ1v) is 11.5. The van der Waals surface area contributed by atoms with Gasteiger partial charge in [0.1, 0.15) is 11.4 Å². The summed E-state index contributed by atoms with van der Waals surface area (Å²) in [6, 6.07) is 15.6. The molecule has 0 fully saturated rings. The number of nitrogens with one attached hydrogen (secondary N) is 2. The van der Waals surface area contributed by atoms with E-state index in [0.717, 1.165) is 12.0 Å². The maximum Gasteiger partial charge on any atom is 0.240 e. The Labute approximate surface area is 181 Å². The third-order valence-electron chi connectivity index (χ3n) is 4.52. The van der Waals surface area contributed by atoms with Crippen molar-refractivity contribution in [2.45, 2.75) is 31.6 Å². The average Bonchev–Trinajstić information content (AvgIpc) is 3.22. The lowest BCUT2D eigenvalue weighted by molar-refractivity contribution is -0.116. The lowest BCUT2D eigenvalue weighted by atomic mass is 10.1. The van der Waals surface area contributed by atoms with Crippen molar-refractivity contribution < 1.29 is 22.5 Å². The van der Waals surface area contributed by atoms with Crippen molar-refractivity contribution in [3.05, 3.63) is 60.2 Å². The molecule has 0 radical (unpaired) electrons. The fourth-order valence-electron chi connectivity index (χ4n) is 2.85. The summed E-state index contributed by atoms with van der Waals surface area (Å²) in [7, 11) is -3.72. The van der Waals surface area contributed by atoms with Gasteiger partial charge < -0.3 is 9.26 Å². The molecule has 1 heterocycles. The second-order valence-electron chi connectivity index (χ2n) is 6.73. The number of sulfonamides is 1. The van der Waals surface area contributed by atoms with E-state index in [0.29, 0.717) is 18.1 Å². The molecular formula is C22H25N3O5S. The molecule has 1 aromatic heterocycles. The smallest absolute Gasteiger partial charge is 0.240 e. The molecule has 2 aromatic carbocycles. The van der Waals surface area contributed by atoms with Gasteiger partial charge in [0.2, 0.25) is 21.8 Å². The van der Waals surface area contributed by atoms with Gasteiger partial charge in [-0.2, -0.15) is 0 Å². The van der Waals surface area contributed by atoms with Crippen molar-refractivity contribution in [2.24, 2.45) is 0 Å². The topological polar surface area (TPSA) is 111 Å². The molecule has 31 heavy (non-hydrogen) atoms. The van der Waals surface area contributed by atoms with E-state index >= 15 is 0 Å². The van der Waals surface area contributed by atoms with Crippen LogP contribution in [0.1, 0.15) is 25.8 Å². The first-order valence-electron chi connectivity index (χ1n) is 9.99. The Morgan fingerprint density at radius 2 is 1.77 bits per heavy atom. The van der Waals surface area contributed by atoms with Crippen LogP contribution >= 0.6 is 0 Å². The number of amides is 1. The Balaban J connectivity index is 1.50. The van der Waals surface area contributed by atoms with Crippen LogP contribution < -0.4 is 14.8 Å². The molecule has 0 unspecified atom stereocenters. The van der Waals surface area contributed by atoms with E-state index in [1.165, 1.54) is 17.7 Å². The molecule has 1 amide bonds. The molecule has 0 bridgehead atoms. The molecule has 9 heteroatoms. The number of carbonyl (C=O) groups excluding carboxylic acids is 1. The molecule has 164 valence electrons. The summed E-state index contributed by atoms with van der Waals surface area (Å²) in [5, 5.41) is 6.55. The Hall–Kier alpha value is -3.17. The maximum absolute atomic E-state index is 12.3. The van der Waals surface area contributed by atoms with Gasteiger partial charge in [-0.3, -0.25) is 10.1 Å². The molecule has 0 saturated carbocycles. The Bertz CT molecular complexity index is 1110. The van der Waals surface area contributed by atoms with Crippen LogP contribution in [0, 0.1) is 0 Å². The first kappa shape index (κ1) is 22.5. The van der Waals surface area contributed by atoms with Gasteiger partial charge in [-0.05, 0) is 43.2 Å². The Kier molecular flexibility index (Phi) is 7.43. The standard InChI is InChI=1S/C22H25N3O5S/c1-3-16-5-7-17(8-6-16)20-15-22(30-25-20)24-21(26)13-14-23-31(27,28)19-11-9-18(10-12-19)29-4-2/h5-12,15,23H,3-4,13-14H2,1-2H3,(H,24,26). The van der Waals surface area contributed by atoms with Gasteiger partial charge in [0, 0.05) is 24.6 Å². The first-order chi connectivity index (χ1) is 14.9. The summed E-state index contributed by atoms with van der Waals surface area (Å²) in [6.45, 7) is 4.37. The summed E-state index contributed by atoms with van der Waals surface area (Å²) in [5.74, 6) is 0.404. The van der Waals surface area contributed by atoms with Crippen LogP contribution in [0.4, 0.5) is 5.88 Å². The van der Waals surface area contributed by atoms with Crippen molar-refractivity contribution >= 4 is 21.8 Å². The predicted octanol–water partition coefficient (Wildman–Crippen LogP) is 3.61. The maximum atomic E-state index is 12.3.